The molecule has 20 heavy (non-hydrogen) atoms. The minimum atomic E-state index is -0.335. The number of carbonyl (C=O) groups excluding carboxylic acids is 1. The van der Waals surface area contributed by atoms with Crippen LogP contribution in [-0.2, 0) is 6.54 Å². The lowest BCUT2D eigenvalue weighted by Crippen LogP contribution is -2.31. The number of halogens is 1. The third-order valence-corrected chi connectivity index (χ3v) is 2.93. The summed E-state index contributed by atoms with van der Waals surface area (Å²) >= 11 is 0. The summed E-state index contributed by atoms with van der Waals surface area (Å²) in [7, 11) is 1.62. The third kappa shape index (κ3) is 3.33. The molecule has 0 saturated heterocycles. The van der Waals surface area contributed by atoms with Crippen LogP contribution >= 0.6 is 0 Å². The second-order valence-corrected chi connectivity index (χ2v) is 4.37. The number of benzene rings is 2. The van der Waals surface area contributed by atoms with E-state index in [0.717, 1.165) is 5.56 Å². The van der Waals surface area contributed by atoms with Gasteiger partial charge >= 0.3 is 6.03 Å². The Hall–Kier alpha value is -2.40. The quantitative estimate of drug-likeness (QED) is 0.903. The van der Waals surface area contributed by atoms with Crippen LogP contribution in [0.5, 0.6) is 0 Å². The number of urea groups is 1. The van der Waals surface area contributed by atoms with Crippen molar-refractivity contribution in [1.82, 2.24) is 0 Å². The van der Waals surface area contributed by atoms with E-state index in [1.807, 2.05) is 18.2 Å². The Morgan fingerprint density at radius 2 is 1.95 bits per heavy atom. The second-order valence-electron chi connectivity index (χ2n) is 4.37. The predicted octanol–water partition coefficient (Wildman–Crippen LogP) is 2.95. The Kier molecular flexibility index (Phi) is 4.32. The van der Waals surface area contributed by atoms with Crippen molar-refractivity contribution < 1.29 is 9.18 Å². The van der Waals surface area contributed by atoms with Crippen molar-refractivity contribution in [2.75, 3.05) is 17.3 Å². The molecule has 0 unspecified atom stereocenters. The number of nitrogens with one attached hydrogen (secondary N) is 1. The fourth-order valence-corrected chi connectivity index (χ4v) is 1.77. The molecule has 104 valence electrons. The first-order valence-corrected chi connectivity index (χ1v) is 6.19. The standard InChI is InChI=1S/C15H16FN3O/c1-19(14-7-5-12(16)6-8-14)15(20)18-13-4-2-3-11(9-13)10-17/h2-9H,10,17H2,1H3,(H,18,20). The van der Waals surface area contributed by atoms with Gasteiger partial charge in [-0.15, -0.1) is 0 Å². The summed E-state index contributed by atoms with van der Waals surface area (Å²) in [6.45, 7) is 0.414. The molecular weight excluding hydrogens is 257 g/mol. The van der Waals surface area contributed by atoms with Gasteiger partial charge in [0.05, 0.1) is 0 Å². The fourth-order valence-electron chi connectivity index (χ4n) is 1.77. The average molecular weight is 273 g/mol. The fraction of sp³-hybridized carbons (Fsp3) is 0.133. The third-order valence-electron chi connectivity index (χ3n) is 2.93. The molecule has 2 aromatic rings. The maximum Gasteiger partial charge on any atom is 0.326 e. The van der Waals surface area contributed by atoms with Crippen LogP contribution in [0, 0.1) is 5.82 Å². The lowest BCUT2D eigenvalue weighted by Gasteiger charge is -2.18. The molecule has 0 heterocycles. The first-order valence-electron chi connectivity index (χ1n) is 6.19. The van der Waals surface area contributed by atoms with E-state index in [0.29, 0.717) is 17.9 Å². The zero-order valence-electron chi connectivity index (χ0n) is 11.1. The van der Waals surface area contributed by atoms with Crippen molar-refractivity contribution in [1.29, 1.82) is 0 Å². The van der Waals surface area contributed by atoms with Crippen LogP contribution in [0.3, 0.4) is 0 Å². The van der Waals surface area contributed by atoms with Gasteiger partial charge in [0.1, 0.15) is 5.82 Å². The van der Waals surface area contributed by atoms with Gasteiger partial charge < -0.3 is 11.1 Å². The van der Waals surface area contributed by atoms with Crippen molar-refractivity contribution in [2.24, 2.45) is 5.73 Å². The molecule has 0 aliphatic heterocycles. The van der Waals surface area contributed by atoms with E-state index in [-0.39, 0.29) is 11.8 Å². The number of nitrogens with two attached hydrogens (primary N) is 1. The first-order chi connectivity index (χ1) is 9.60. The molecule has 2 aromatic carbocycles. The zero-order valence-corrected chi connectivity index (χ0v) is 11.1. The Morgan fingerprint density at radius 1 is 1.25 bits per heavy atom. The molecule has 0 bridgehead atoms. The molecule has 3 N–H and O–H groups in total. The SMILES string of the molecule is CN(C(=O)Nc1cccc(CN)c1)c1ccc(F)cc1. The monoisotopic (exact) mass is 273 g/mol. The van der Waals surface area contributed by atoms with E-state index < -0.39 is 0 Å². The van der Waals surface area contributed by atoms with E-state index in [1.54, 1.807) is 25.2 Å². The Balaban J connectivity index is 2.09. The normalized spacial score (nSPS) is 10.2. The van der Waals surface area contributed by atoms with Crippen LogP contribution in [0.2, 0.25) is 0 Å². The van der Waals surface area contributed by atoms with Crippen molar-refractivity contribution in [3.63, 3.8) is 0 Å². The van der Waals surface area contributed by atoms with Gasteiger partial charge in [0.15, 0.2) is 0 Å². The molecule has 0 saturated carbocycles. The highest BCUT2D eigenvalue weighted by molar-refractivity contribution is 6.01. The van der Waals surface area contributed by atoms with Crippen molar-refractivity contribution in [2.45, 2.75) is 6.54 Å². The van der Waals surface area contributed by atoms with E-state index in [4.69, 9.17) is 5.73 Å². The van der Waals surface area contributed by atoms with Crippen LogP contribution in [-0.4, -0.2) is 13.1 Å². The number of rotatable bonds is 3. The van der Waals surface area contributed by atoms with Gasteiger partial charge in [0.2, 0.25) is 0 Å². The number of hydrogen-bond acceptors (Lipinski definition) is 2. The zero-order chi connectivity index (χ0) is 14.5. The molecule has 0 spiro atoms. The average Bonchev–Trinajstić information content (AvgIpc) is 2.47. The highest BCUT2D eigenvalue weighted by atomic mass is 19.1. The maximum atomic E-state index is 12.9. The van der Waals surface area contributed by atoms with E-state index >= 15 is 0 Å². The van der Waals surface area contributed by atoms with Crippen molar-refractivity contribution >= 4 is 17.4 Å². The van der Waals surface area contributed by atoms with Crippen LogP contribution in [0.4, 0.5) is 20.6 Å². The summed E-state index contributed by atoms with van der Waals surface area (Å²) in [5.41, 5.74) is 7.78. The van der Waals surface area contributed by atoms with E-state index in [2.05, 4.69) is 5.32 Å². The summed E-state index contributed by atoms with van der Waals surface area (Å²) in [6.07, 6.45) is 0. The Bertz CT molecular complexity index is 598. The van der Waals surface area contributed by atoms with Gasteiger partial charge in [-0.2, -0.15) is 0 Å². The van der Waals surface area contributed by atoms with Gasteiger partial charge in [-0.3, -0.25) is 4.90 Å². The topological polar surface area (TPSA) is 58.4 Å². The summed E-state index contributed by atoms with van der Waals surface area (Å²) in [4.78, 5) is 13.5. The molecular formula is C15H16FN3O. The summed E-state index contributed by atoms with van der Waals surface area (Å²) in [5, 5.41) is 2.77. The lowest BCUT2D eigenvalue weighted by molar-refractivity contribution is 0.258. The van der Waals surface area contributed by atoms with Crippen LogP contribution in [0.1, 0.15) is 5.56 Å². The smallest absolute Gasteiger partial charge is 0.326 e. The van der Waals surface area contributed by atoms with Crippen LogP contribution in [0.25, 0.3) is 0 Å². The minimum Gasteiger partial charge on any atom is -0.326 e. The number of hydrogen-bond donors (Lipinski definition) is 2. The summed E-state index contributed by atoms with van der Waals surface area (Å²) < 4.78 is 12.9. The highest BCUT2D eigenvalue weighted by Crippen LogP contribution is 2.16. The number of anilines is 2. The van der Waals surface area contributed by atoms with Gasteiger partial charge in [-0.25, -0.2) is 9.18 Å². The number of carbonyl (C=O) groups is 1. The number of amides is 2. The van der Waals surface area contributed by atoms with Crippen LogP contribution in [0.15, 0.2) is 48.5 Å². The minimum absolute atomic E-state index is 0.300. The molecule has 2 rings (SSSR count). The van der Waals surface area contributed by atoms with Gasteiger partial charge in [-0.1, -0.05) is 12.1 Å². The molecule has 4 nitrogen and oxygen atoms in total. The molecule has 0 fully saturated rings. The predicted molar refractivity (Wildman–Crippen MR) is 78.2 cm³/mol. The summed E-state index contributed by atoms with van der Waals surface area (Å²) in [5.74, 6) is -0.335. The van der Waals surface area contributed by atoms with E-state index in [9.17, 15) is 9.18 Å². The molecule has 0 aromatic heterocycles. The van der Waals surface area contributed by atoms with Gasteiger partial charge in [0, 0.05) is 25.0 Å². The van der Waals surface area contributed by atoms with Crippen molar-refractivity contribution in [3.05, 3.63) is 59.9 Å². The van der Waals surface area contributed by atoms with E-state index in [1.165, 1.54) is 17.0 Å². The van der Waals surface area contributed by atoms with Gasteiger partial charge in [0.25, 0.3) is 0 Å². The Morgan fingerprint density at radius 3 is 2.60 bits per heavy atom. The summed E-state index contributed by atoms with van der Waals surface area (Å²) in [6, 6.07) is 12.7. The highest BCUT2D eigenvalue weighted by Gasteiger charge is 2.11. The Labute approximate surface area is 117 Å². The van der Waals surface area contributed by atoms with Crippen molar-refractivity contribution in [3.8, 4) is 0 Å². The number of nitrogens with zero attached hydrogens (tertiary/aromatic N) is 1. The molecule has 2 amide bonds. The second kappa shape index (κ2) is 6.16. The molecule has 0 radical (unpaired) electrons. The van der Waals surface area contributed by atoms with Crippen LogP contribution < -0.4 is 16.0 Å². The maximum absolute atomic E-state index is 12.9. The molecule has 0 aliphatic rings. The lowest BCUT2D eigenvalue weighted by atomic mass is 10.2. The largest absolute Gasteiger partial charge is 0.326 e. The van der Waals surface area contributed by atoms with Gasteiger partial charge in [-0.05, 0) is 42.0 Å². The molecule has 5 heteroatoms. The first kappa shape index (κ1) is 14.0. The molecule has 0 aliphatic carbocycles. The molecule has 0 atom stereocenters.